The van der Waals surface area contributed by atoms with Crippen LogP contribution in [-0.4, -0.2) is 24.0 Å². The molecule has 0 bridgehead atoms. The Bertz CT molecular complexity index is 1150. The van der Waals surface area contributed by atoms with Crippen molar-refractivity contribution in [2.75, 3.05) is 17.7 Å². The van der Waals surface area contributed by atoms with Gasteiger partial charge < -0.3 is 20.1 Å². The summed E-state index contributed by atoms with van der Waals surface area (Å²) in [5, 5.41) is 8.55. The van der Waals surface area contributed by atoms with Crippen LogP contribution in [0.5, 0.6) is 11.5 Å². The first-order valence-electron chi connectivity index (χ1n) is 10.7. The van der Waals surface area contributed by atoms with Gasteiger partial charge in [-0.3, -0.25) is 14.9 Å². The summed E-state index contributed by atoms with van der Waals surface area (Å²) in [7, 11) is 1.51. The summed E-state index contributed by atoms with van der Waals surface area (Å²) < 4.78 is 11.1. The molecule has 0 aliphatic heterocycles. The molecule has 0 saturated carbocycles. The minimum absolute atomic E-state index is 0.113. The van der Waals surface area contributed by atoms with Crippen molar-refractivity contribution in [1.29, 1.82) is 0 Å². The summed E-state index contributed by atoms with van der Waals surface area (Å²) >= 11 is 5.27. The normalized spacial score (nSPS) is 10.4. The number of methoxy groups -OCH3 is 1. The number of amides is 2. The number of ether oxygens (including phenoxy) is 2. The van der Waals surface area contributed by atoms with Crippen molar-refractivity contribution in [3.63, 3.8) is 0 Å². The van der Waals surface area contributed by atoms with Crippen molar-refractivity contribution in [1.82, 2.24) is 5.32 Å². The Morgan fingerprint density at radius 3 is 2.29 bits per heavy atom. The van der Waals surface area contributed by atoms with E-state index in [0.717, 1.165) is 5.56 Å². The van der Waals surface area contributed by atoms with Gasteiger partial charge in [0.05, 0.1) is 12.8 Å². The average molecular weight is 478 g/mol. The summed E-state index contributed by atoms with van der Waals surface area (Å²) in [5.74, 6) is 0.519. The highest BCUT2D eigenvalue weighted by molar-refractivity contribution is 7.80. The van der Waals surface area contributed by atoms with Gasteiger partial charge in [-0.25, -0.2) is 0 Å². The summed E-state index contributed by atoms with van der Waals surface area (Å²) in [5.41, 5.74) is 2.67. The fourth-order valence-corrected chi connectivity index (χ4v) is 3.14. The maximum absolute atomic E-state index is 12.5. The van der Waals surface area contributed by atoms with E-state index in [1.165, 1.54) is 7.11 Å². The van der Waals surface area contributed by atoms with Gasteiger partial charge in [0.1, 0.15) is 18.1 Å². The first kappa shape index (κ1) is 24.7. The third-order valence-electron chi connectivity index (χ3n) is 4.83. The monoisotopic (exact) mass is 477 g/mol. The van der Waals surface area contributed by atoms with Crippen molar-refractivity contribution in [2.24, 2.45) is 5.92 Å². The van der Waals surface area contributed by atoms with E-state index in [0.29, 0.717) is 35.0 Å². The Kier molecular flexibility index (Phi) is 8.59. The molecular weight excluding hydrogens is 450 g/mol. The number of hydrogen-bond donors (Lipinski definition) is 3. The van der Waals surface area contributed by atoms with Crippen molar-refractivity contribution in [2.45, 2.75) is 20.5 Å². The molecule has 3 aromatic carbocycles. The van der Waals surface area contributed by atoms with Crippen molar-refractivity contribution >= 4 is 40.5 Å². The molecule has 176 valence electrons. The SMILES string of the molecule is COc1cc(NC(=S)NC(=O)c2ccc(OCc3ccccc3)cc2)ccc1NC(=O)C(C)C. The fraction of sp³-hybridized carbons (Fsp3) is 0.192. The van der Waals surface area contributed by atoms with E-state index >= 15 is 0 Å². The van der Waals surface area contributed by atoms with E-state index in [1.54, 1.807) is 42.5 Å². The smallest absolute Gasteiger partial charge is 0.257 e. The van der Waals surface area contributed by atoms with E-state index in [-0.39, 0.29) is 22.8 Å². The number of benzene rings is 3. The summed E-state index contributed by atoms with van der Waals surface area (Å²) in [6, 6.07) is 21.8. The van der Waals surface area contributed by atoms with Crippen molar-refractivity contribution in [3.8, 4) is 11.5 Å². The Labute approximate surface area is 204 Å². The lowest BCUT2D eigenvalue weighted by Crippen LogP contribution is -2.34. The molecule has 3 aromatic rings. The van der Waals surface area contributed by atoms with E-state index < -0.39 is 0 Å². The van der Waals surface area contributed by atoms with Crippen LogP contribution in [0.2, 0.25) is 0 Å². The predicted octanol–water partition coefficient (Wildman–Crippen LogP) is 5.00. The Morgan fingerprint density at radius 2 is 1.65 bits per heavy atom. The molecule has 0 unspecified atom stereocenters. The number of thiocarbonyl (C=S) groups is 1. The minimum atomic E-state index is -0.347. The van der Waals surface area contributed by atoms with Crippen LogP contribution >= 0.6 is 12.2 Å². The molecule has 0 aliphatic rings. The highest BCUT2D eigenvalue weighted by Crippen LogP contribution is 2.28. The number of rotatable bonds is 8. The Morgan fingerprint density at radius 1 is 0.941 bits per heavy atom. The van der Waals surface area contributed by atoms with Crippen LogP contribution in [0.4, 0.5) is 11.4 Å². The second kappa shape index (κ2) is 11.8. The second-order valence-corrected chi connectivity index (χ2v) is 8.17. The average Bonchev–Trinajstić information content (AvgIpc) is 2.84. The number of carbonyl (C=O) groups excluding carboxylic acids is 2. The standard InChI is InChI=1S/C26H27N3O4S/c1-17(2)24(30)28-22-14-11-20(15-23(22)32-3)27-26(34)29-25(31)19-9-12-21(13-10-19)33-16-18-7-5-4-6-8-18/h4-15,17H,16H2,1-3H3,(H,28,30)(H2,27,29,31,34). The lowest BCUT2D eigenvalue weighted by atomic mass is 10.2. The van der Waals surface area contributed by atoms with Gasteiger partial charge in [-0.2, -0.15) is 0 Å². The molecule has 0 aromatic heterocycles. The zero-order chi connectivity index (χ0) is 24.5. The molecular formula is C26H27N3O4S. The highest BCUT2D eigenvalue weighted by Gasteiger charge is 2.13. The van der Waals surface area contributed by atoms with Crippen molar-refractivity contribution in [3.05, 3.63) is 83.9 Å². The zero-order valence-electron chi connectivity index (χ0n) is 19.3. The van der Waals surface area contributed by atoms with Crippen LogP contribution in [0, 0.1) is 5.92 Å². The van der Waals surface area contributed by atoms with Gasteiger partial charge in [0.2, 0.25) is 5.91 Å². The molecule has 8 heteroatoms. The molecule has 0 aliphatic carbocycles. The molecule has 3 rings (SSSR count). The number of hydrogen-bond acceptors (Lipinski definition) is 5. The van der Waals surface area contributed by atoms with Crippen LogP contribution < -0.4 is 25.4 Å². The molecule has 0 atom stereocenters. The van der Waals surface area contributed by atoms with E-state index in [2.05, 4.69) is 16.0 Å². The molecule has 3 N–H and O–H groups in total. The van der Waals surface area contributed by atoms with Crippen LogP contribution in [0.25, 0.3) is 0 Å². The van der Waals surface area contributed by atoms with Crippen LogP contribution in [-0.2, 0) is 11.4 Å². The molecule has 0 fully saturated rings. The summed E-state index contributed by atoms with van der Waals surface area (Å²) in [4.78, 5) is 24.5. The van der Waals surface area contributed by atoms with Gasteiger partial charge in [-0.05, 0) is 54.2 Å². The van der Waals surface area contributed by atoms with E-state index in [4.69, 9.17) is 21.7 Å². The molecule has 0 spiro atoms. The van der Waals surface area contributed by atoms with Gasteiger partial charge in [-0.1, -0.05) is 44.2 Å². The summed E-state index contributed by atoms with van der Waals surface area (Å²) in [6.07, 6.45) is 0. The Hall–Kier alpha value is -3.91. The lowest BCUT2D eigenvalue weighted by Gasteiger charge is -2.15. The number of anilines is 2. The third kappa shape index (κ3) is 7.05. The van der Waals surface area contributed by atoms with Gasteiger partial charge in [0, 0.05) is 23.2 Å². The van der Waals surface area contributed by atoms with Gasteiger partial charge >= 0.3 is 0 Å². The van der Waals surface area contributed by atoms with Crippen LogP contribution in [0.1, 0.15) is 29.8 Å². The van der Waals surface area contributed by atoms with Gasteiger partial charge in [-0.15, -0.1) is 0 Å². The largest absolute Gasteiger partial charge is 0.494 e. The maximum Gasteiger partial charge on any atom is 0.257 e. The van der Waals surface area contributed by atoms with E-state index in [9.17, 15) is 9.59 Å². The maximum atomic E-state index is 12.5. The molecule has 2 amide bonds. The first-order chi connectivity index (χ1) is 16.4. The number of carbonyl (C=O) groups is 2. The zero-order valence-corrected chi connectivity index (χ0v) is 20.1. The van der Waals surface area contributed by atoms with E-state index in [1.807, 2.05) is 44.2 Å². The van der Waals surface area contributed by atoms with Crippen LogP contribution in [0.3, 0.4) is 0 Å². The summed E-state index contributed by atoms with van der Waals surface area (Å²) in [6.45, 7) is 4.07. The quantitative estimate of drug-likeness (QED) is 0.396. The fourth-order valence-electron chi connectivity index (χ4n) is 2.93. The molecule has 34 heavy (non-hydrogen) atoms. The number of nitrogens with one attached hydrogen (secondary N) is 3. The van der Waals surface area contributed by atoms with Crippen LogP contribution in [0.15, 0.2) is 72.8 Å². The predicted molar refractivity (Wildman–Crippen MR) is 137 cm³/mol. The third-order valence-corrected chi connectivity index (χ3v) is 5.04. The van der Waals surface area contributed by atoms with Gasteiger partial charge in [0.15, 0.2) is 5.11 Å². The van der Waals surface area contributed by atoms with Gasteiger partial charge in [0.25, 0.3) is 5.91 Å². The minimum Gasteiger partial charge on any atom is -0.494 e. The molecule has 0 heterocycles. The lowest BCUT2D eigenvalue weighted by molar-refractivity contribution is -0.118. The first-order valence-corrected chi connectivity index (χ1v) is 11.1. The van der Waals surface area contributed by atoms with Crippen molar-refractivity contribution < 1.29 is 19.1 Å². The second-order valence-electron chi connectivity index (χ2n) is 7.77. The molecule has 0 saturated heterocycles. The molecule has 0 radical (unpaired) electrons. The molecule has 7 nitrogen and oxygen atoms in total. The topological polar surface area (TPSA) is 88.7 Å². The highest BCUT2D eigenvalue weighted by atomic mass is 32.1. The Balaban J connectivity index is 1.55.